The summed E-state index contributed by atoms with van der Waals surface area (Å²) in [6, 6.07) is 14.6. The highest BCUT2D eigenvalue weighted by atomic mass is 35.5. The topological polar surface area (TPSA) is 17.1 Å². The van der Waals surface area contributed by atoms with Crippen molar-refractivity contribution in [2.45, 2.75) is 6.42 Å². The molecule has 0 N–H and O–H groups in total. The molecule has 2 aromatic carbocycles. The summed E-state index contributed by atoms with van der Waals surface area (Å²) in [6.07, 6.45) is 0.376. The number of carbonyl (C=O) groups is 1. The minimum absolute atomic E-state index is 0.0399. The largest absolute Gasteiger partial charge is 0.294 e. The maximum absolute atomic E-state index is 12.0. The third-order valence-electron chi connectivity index (χ3n) is 2.53. The Balaban J connectivity index is 2.18. The van der Waals surface area contributed by atoms with E-state index < -0.39 is 0 Å². The maximum atomic E-state index is 12.0. The van der Waals surface area contributed by atoms with Gasteiger partial charge in [-0.05, 0) is 11.6 Å². The lowest BCUT2D eigenvalue weighted by molar-refractivity contribution is 0.0993. The van der Waals surface area contributed by atoms with Crippen molar-refractivity contribution in [2.75, 3.05) is 0 Å². The van der Waals surface area contributed by atoms with Crippen LogP contribution in [0.5, 0.6) is 0 Å². The molecule has 0 aliphatic carbocycles. The highest BCUT2D eigenvalue weighted by Crippen LogP contribution is 2.11. The molecular formula is C14H10BClO. The van der Waals surface area contributed by atoms with Crippen LogP contribution >= 0.6 is 11.6 Å². The van der Waals surface area contributed by atoms with Gasteiger partial charge in [0.05, 0.1) is 0 Å². The van der Waals surface area contributed by atoms with E-state index in [4.69, 9.17) is 19.4 Å². The zero-order valence-electron chi connectivity index (χ0n) is 9.19. The zero-order chi connectivity index (χ0) is 12.3. The first-order valence-electron chi connectivity index (χ1n) is 5.29. The molecule has 2 rings (SSSR count). The molecule has 0 spiro atoms. The number of halogens is 1. The van der Waals surface area contributed by atoms with Crippen LogP contribution in [0, 0.1) is 0 Å². The van der Waals surface area contributed by atoms with Gasteiger partial charge in [-0.15, -0.1) is 0 Å². The van der Waals surface area contributed by atoms with Crippen LogP contribution in [0.25, 0.3) is 0 Å². The fraction of sp³-hybridized carbons (Fsp3) is 0.0714. The number of rotatable bonds is 3. The Morgan fingerprint density at radius 3 is 2.47 bits per heavy atom. The first-order valence-corrected chi connectivity index (χ1v) is 5.67. The van der Waals surface area contributed by atoms with Gasteiger partial charge in [0.15, 0.2) is 5.78 Å². The average Bonchev–Trinajstić information content (AvgIpc) is 2.34. The van der Waals surface area contributed by atoms with E-state index in [2.05, 4.69) is 0 Å². The van der Waals surface area contributed by atoms with Gasteiger partial charge in [-0.25, -0.2) is 0 Å². The summed E-state index contributed by atoms with van der Waals surface area (Å²) >= 11 is 5.88. The summed E-state index contributed by atoms with van der Waals surface area (Å²) in [5.74, 6) is 0.0399. The molecule has 0 saturated carbocycles. The van der Waals surface area contributed by atoms with Crippen molar-refractivity contribution in [2.24, 2.45) is 0 Å². The normalized spacial score (nSPS) is 10.2. The minimum Gasteiger partial charge on any atom is -0.294 e. The van der Waals surface area contributed by atoms with Crippen molar-refractivity contribution in [1.29, 1.82) is 0 Å². The quantitative estimate of drug-likeness (QED) is 0.595. The second kappa shape index (κ2) is 5.20. The third-order valence-corrected chi connectivity index (χ3v) is 2.86. The molecule has 0 amide bonds. The summed E-state index contributed by atoms with van der Waals surface area (Å²) < 4.78 is 0. The molecule has 2 radical (unpaired) electrons. The van der Waals surface area contributed by atoms with Crippen molar-refractivity contribution < 1.29 is 4.79 Å². The van der Waals surface area contributed by atoms with Gasteiger partial charge < -0.3 is 0 Å². The number of benzene rings is 2. The Kier molecular flexibility index (Phi) is 3.65. The highest BCUT2D eigenvalue weighted by Gasteiger charge is 2.08. The molecule has 0 saturated heterocycles. The van der Waals surface area contributed by atoms with Gasteiger partial charge in [-0.2, -0.15) is 0 Å². The van der Waals surface area contributed by atoms with Crippen molar-refractivity contribution >= 4 is 30.7 Å². The van der Waals surface area contributed by atoms with E-state index in [-0.39, 0.29) is 5.78 Å². The van der Waals surface area contributed by atoms with Gasteiger partial charge in [0, 0.05) is 17.0 Å². The Labute approximate surface area is 107 Å². The summed E-state index contributed by atoms with van der Waals surface area (Å²) in [5.41, 5.74) is 2.07. The van der Waals surface area contributed by atoms with E-state index in [1.165, 1.54) is 0 Å². The summed E-state index contributed by atoms with van der Waals surface area (Å²) in [6.45, 7) is 0. The zero-order valence-corrected chi connectivity index (χ0v) is 9.95. The molecule has 0 atom stereocenters. The smallest absolute Gasteiger partial charge is 0.167 e. The van der Waals surface area contributed by atoms with E-state index in [1.807, 2.05) is 30.3 Å². The molecular weight excluding hydrogens is 230 g/mol. The van der Waals surface area contributed by atoms with Crippen LogP contribution in [0.15, 0.2) is 48.5 Å². The predicted molar refractivity (Wildman–Crippen MR) is 71.3 cm³/mol. The molecule has 3 heteroatoms. The Bertz CT molecular complexity index is 537. The Morgan fingerprint density at radius 1 is 1.12 bits per heavy atom. The first-order chi connectivity index (χ1) is 8.16. The molecule has 0 aliphatic heterocycles. The second-order valence-electron chi connectivity index (χ2n) is 3.82. The number of hydrogen-bond donors (Lipinski definition) is 0. The van der Waals surface area contributed by atoms with Gasteiger partial charge in [0.1, 0.15) is 7.85 Å². The van der Waals surface area contributed by atoms with Crippen LogP contribution in [-0.4, -0.2) is 13.6 Å². The van der Waals surface area contributed by atoms with Gasteiger partial charge >= 0.3 is 0 Å². The van der Waals surface area contributed by atoms with Crippen LogP contribution in [0.4, 0.5) is 0 Å². The molecule has 1 nitrogen and oxygen atoms in total. The van der Waals surface area contributed by atoms with E-state index in [9.17, 15) is 4.79 Å². The van der Waals surface area contributed by atoms with E-state index in [1.54, 1.807) is 18.2 Å². The average molecular weight is 240 g/mol. The lowest BCUT2D eigenvalue weighted by Crippen LogP contribution is -2.08. The molecule has 0 unspecified atom stereocenters. The van der Waals surface area contributed by atoms with E-state index in [0.717, 1.165) is 5.56 Å². The van der Waals surface area contributed by atoms with Crippen LogP contribution < -0.4 is 5.46 Å². The van der Waals surface area contributed by atoms with Crippen molar-refractivity contribution in [1.82, 2.24) is 0 Å². The van der Waals surface area contributed by atoms with E-state index in [0.29, 0.717) is 22.5 Å². The lowest BCUT2D eigenvalue weighted by Gasteiger charge is -2.04. The molecule has 0 aliphatic rings. The minimum atomic E-state index is 0.0399. The lowest BCUT2D eigenvalue weighted by atomic mass is 9.93. The molecule has 0 heterocycles. The van der Waals surface area contributed by atoms with Crippen molar-refractivity contribution in [3.8, 4) is 0 Å². The molecule has 82 valence electrons. The molecule has 0 fully saturated rings. The predicted octanol–water partition coefficient (Wildman–Crippen LogP) is 2.56. The van der Waals surface area contributed by atoms with Crippen molar-refractivity contribution in [3.63, 3.8) is 0 Å². The third kappa shape index (κ3) is 2.98. The number of Topliss-reactive ketones (excluding diaryl/α,β-unsaturated/α-hetero) is 1. The fourth-order valence-corrected chi connectivity index (χ4v) is 1.76. The van der Waals surface area contributed by atoms with Crippen LogP contribution in [-0.2, 0) is 6.42 Å². The summed E-state index contributed by atoms with van der Waals surface area (Å²) in [7, 11) is 5.60. The molecule has 0 bridgehead atoms. The fourth-order valence-electron chi connectivity index (χ4n) is 1.58. The maximum Gasteiger partial charge on any atom is 0.167 e. The summed E-state index contributed by atoms with van der Waals surface area (Å²) in [5, 5.41) is 0.420. The van der Waals surface area contributed by atoms with Gasteiger partial charge in [0.2, 0.25) is 0 Å². The van der Waals surface area contributed by atoms with Crippen molar-refractivity contribution in [3.05, 3.63) is 64.7 Å². The molecule has 2 aromatic rings. The van der Waals surface area contributed by atoms with Gasteiger partial charge in [0.25, 0.3) is 0 Å². The second-order valence-corrected chi connectivity index (χ2v) is 4.23. The van der Waals surface area contributed by atoms with Gasteiger partial charge in [-0.3, -0.25) is 4.79 Å². The van der Waals surface area contributed by atoms with Crippen LogP contribution in [0.2, 0.25) is 5.02 Å². The SMILES string of the molecule is [B]c1ccc(C(=O)Cc2ccccc2)cc1Cl. The highest BCUT2D eigenvalue weighted by molar-refractivity contribution is 6.45. The number of hydrogen-bond acceptors (Lipinski definition) is 1. The number of ketones is 1. The molecule has 0 aromatic heterocycles. The Morgan fingerprint density at radius 2 is 1.82 bits per heavy atom. The Hall–Kier alpha value is -1.54. The first kappa shape index (κ1) is 11.9. The van der Waals surface area contributed by atoms with Crippen LogP contribution in [0.3, 0.4) is 0 Å². The molecule has 17 heavy (non-hydrogen) atoms. The van der Waals surface area contributed by atoms with E-state index >= 15 is 0 Å². The number of carbonyl (C=O) groups excluding carboxylic acids is 1. The monoisotopic (exact) mass is 240 g/mol. The standard InChI is InChI=1S/C14H10BClO/c15-12-7-6-11(9-13(12)16)14(17)8-10-4-2-1-3-5-10/h1-7,9H,8H2. The van der Waals surface area contributed by atoms with Gasteiger partial charge in [-0.1, -0.05) is 59.5 Å². The van der Waals surface area contributed by atoms with Crippen LogP contribution in [0.1, 0.15) is 15.9 Å². The summed E-state index contributed by atoms with van der Waals surface area (Å²) in [4.78, 5) is 12.0.